The highest BCUT2D eigenvalue weighted by Crippen LogP contribution is 2.71. The molecule has 10 atom stereocenters. The van der Waals surface area contributed by atoms with Crippen LogP contribution in [-0.4, -0.2) is 9.15 Å². The first-order chi connectivity index (χ1) is 14.0. The van der Waals surface area contributed by atoms with Crippen LogP contribution in [-0.2, 0) is 0 Å². The van der Waals surface area contributed by atoms with Crippen LogP contribution in [0.5, 0.6) is 0 Å². The molecule has 0 nitrogen and oxygen atoms in total. The molecule has 0 radical (unpaired) electrons. The van der Waals surface area contributed by atoms with Gasteiger partial charge in [0.15, 0.2) is 0 Å². The maximum Gasteiger partial charge on any atom is 0.0439 e. The van der Waals surface area contributed by atoms with Crippen LogP contribution in [0.4, 0.5) is 0 Å². The van der Waals surface area contributed by atoms with Gasteiger partial charge in [0.05, 0.1) is 0 Å². The van der Waals surface area contributed by atoms with Crippen molar-refractivity contribution in [1.29, 1.82) is 0 Å². The third-order valence-electron chi connectivity index (χ3n) is 11.6. The Morgan fingerprint density at radius 1 is 0.867 bits per heavy atom. The molecular weight excluding hydrogens is 496 g/mol. The van der Waals surface area contributed by atoms with Gasteiger partial charge in [-0.1, -0.05) is 99.1 Å². The van der Waals surface area contributed by atoms with E-state index in [0.29, 0.717) is 20.0 Å². The standard InChI is InChI=1S/C28H48Br2/c1-18(2)19(3)9-10-20(4)22-11-12-23-21-17-25(29)28(30)15-8-7-14-27(28,6)24(21)13-16-26(22,23)5/h18-25H,7-17H2,1-6H3/t19-,20+,21-,22+,23-,24-,25-,26+,27+,28+/m0/s1. The monoisotopic (exact) mass is 542 g/mol. The summed E-state index contributed by atoms with van der Waals surface area (Å²) in [6.45, 7) is 15.3. The van der Waals surface area contributed by atoms with Crippen molar-refractivity contribution in [2.45, 2.75) is 121 Å². The zero-order valence-corrected chi connectivity index (χ0v) is 23.8. The Bertz CT molecular complexity index is 616. The van der Waals surface area contributed by atoms with Gasteiger partial charge in [-0.2, -0.15) is 0 Å². The Hall–Kier alpha value is 0.960. The van der Waals surface area contributed by atoms with Crippen molar-refractivity contribution in [3.63, 3.8) is 0 Å². The van der Waals surface area contributed by atoms with E-state index in [-0.39, 0.29) is 0 Å². The fourth-order valence-electron chi connectivity index (χ4n) is 9.24. The van der Waals surface area contributed by atoms with Gasteiger partial charge in [0, 0.05) is 9.15 Å². The van der Waals surface area contributed by atoms with Crippen LogP contribution in [0.1, 0.15) is 112 Å². The van der Waals surface area contributed by atoms with Crippen molar-refractivity contribution in [2.24, 2.45) is 52.3 Å². The summed E-state index contributed by atoms with van der Waals surface area (Å²) in [5.74, 6) is 6.44. The quantitative estimate of drug-likeness (QED) is 0.302. The summed E-state index contributed by atoms with van der Waals surface area (Å²) in [7, 11) is 0. The van der Waals surface area contributed by atoms with Crippen LogP contribution in [0, 0.1) is 52.3 Å². The maximum absolute atomic E-state index is 4.38. The summed E-state index contributed by atoms with van der Waals surface area (Å²) < 4.78 is 0.339. The van der Waals surface area contributed by atoms with Gasteiger partial charge in [-0.25, -0.2) is 0 Å². The van der Waals surface area contributed by atoms with Gasteiger partial charge in [0.25, 0.3) is 0 Å². The van der Waals surface area contributed by atoms with Gasteiger partial charge in [-0.05, 0) is 97.2 Å². The first kappa shape index (κ1) is 24.1. The molecule has 0 aromatic carbocycles. The van der Waals surface area contributed by atoms with E-state index < -0.39 is 0 Å². The summed E-state index contributed by atoms with van der Waals surface area (Å²) in [6, 6.07) is 0. The zero-order chi connectivity index (χ0) is 21.9. The largest absolute Gasteiger partial charge is 0.0875 e. The molecule has 0 heterocycles. The highest BCUT2D eigenvalue weighted by atomic mass is 79.9. The smallest absolute Gasteiger partial charge is 0.0439 e. The minimum absolute atomic E-state index is 0.339. The van der Waals surface area contributed by atoms with Crippen LogP contribution in [0.2, 0.25) is 0 Å². The molecule has 174 valence electrons. The average molecular weight is 545 g/mol. The van der Waals surface area contributed by atoms with Crippen LogP contribution in [0.25, 0.3) is 0 Å². The third kappa shape index (κ3) is 3.63. The number of fused-ring (bicyclic) bond motifs is 5. The molecule has 0 aromatic heterocycles. The lowest BCUT2D eigenvalue weighted by Gasteiger charge is -2.65. The van der Waals surface area contributed by atoms with Crippen LogP contribution >= 0.6 is 31.9 Å². The third-order valence-corrected chi connectivity index (χ3v) is 15.3. The van der Waals surface area contributed by atoms with Gasteiger partial charge in [-0.15, -0.1) is 0 Å². The van der Waals surface area contributed by atoms with Crippen LogP contribution in [0.3, 0.4) is 0 Å². The molecule has 0 bridgehead atoms. The summed E-state index contributed by atoms with van der Waals surface area (Å²) in [5.41, 5.74) is 1.09. The zero-order valence-electron chi connectivity index (χ0n) is 20.7. The maximum atomic E-state index is 4.38. The van der Waals surface area contributed by atoms with Crippen LogP contribution < -0.4 is 0 Å². The van der Waals surface area contributed by atoms with Crippen molar-refractivity contribution >= 4 is 31.9 Å². The predicted molar refractivity (Wildman–Crippen MR) is 138 cm³/mol. The topological polar surface area (TPSA) is 0 Å². The van der Waals surface area contributed by atoms with E-state index in [0.717, 1.165) is 41.4 Å². The van der Waals surface area contributed by atoms with E-state index in [2.05, 4.69) is 73.4 Å². The van der Waals surface area contributed by atoms with E-state index in [9.17, 15) is 0 Å². The molecule has 0 N–H and O–H groups in total. The van der Waals surface area contributed by atoms with Gasteiger partial charge in [-0.3, -0.25) is 0 Å². The normalized spacial score (nSPS) is 50.5. The molecule has 30 heavy (non-hydrogen) atoms. The lowest BCUT2D eigenvalue weighted by Crippen LogP contribution is -2.63. The molecule has 4 rings (SSSR count). The first-order valence-corrected chi connectivity index (χ1v) is 15.1. The first-order valence-electron chi connectivity index (χ1n) is 13.4. The van der Waals surface area contributed by atoms with Gasteiger partial charge >= 0.3 is 0 Å². The van der Waals surface area contributed by atoms with Gasteiger partial charge in [0.1, 0.15) is 0 Å². The number of rotatable bonds is 5. The van der Waals surface area contributed by atoms with Crippen molar-refractivity contribution < 1.29 is 0 Å². The fourth-order valence-corrected chi connectivity index (χ4v) is 11.4. The SMILES string of the molecule is CC(C)[C@@H](C)CC[C@@H](C)[C@H]1CC[C@H]2[C@@H]3C[C@H](Br)[C@]4(Br)CCCC[C@]4(C)[C@H]3CC[C@]12C. The van der Waals surface area contributed by atoms with Gasteiger partial charge in [0.2, 0.25) is 0 Å². The molecule has 4 saturated carbocycles. The molecule has 0 amide bonds. The Morgan fingerprint density at radius 2 is 1.57 bits per heavy atom. The van der Waals surface area contributed by atoms with E-state index in [1.807, 2.05) is 0 Å². The summed E-state index contributed by atoms with van der Waals surface area (Å²) in [6.07, 6.45) is 16.0. The molecule has 2 heteroatoms. The molecular formula is C28H48Br2. The second-order valence-corrected chi connectivity index (χ2v) is 15.6. The average Bonchev–Trinajstić information content (AvgIpc) is 3.05. The lowest BCUT2D eigenvalue weighted by molar-refractivity contribution is -0.0976. The van der Waals surface area contributed by atoms with Gasteiger partial charge < -0.3 is 0 Å². The minimum atomic E-state index is 0.339. The highest BCUT2D eigenvalue weighted by molar-refractivity contribution is 9.12. The number of hydrogen-bond donors (Lipinski definition) is 0. The number of hydrogen-bond acceptors (Lipinski definition) is 0. The van der Waals surface area contributed by atoms with Crippen molar-refractivity contribution in [3.8, 4) is 0 Å². The molecule has 4 aliphatic rings. The molecule has 0 spiro atoms. The Labute approximate surface area is 204 Å². The highest BCUT2D eigenvalue weighted by Gasteiger charge is 2.65. The molecule has 0 aliphatic heterocycles. The second-order valence-electron chi connectivity index (χ2n) is 13.1. The molecule has 0 unspecified atom stereocenters. The predicted octanol–water partition coefficient (Wildman–Crippen LogP) is 9.63. The van der Waals surface area contributed by atoms with Crippen molar-refractivity contribution in [2.75, 3.05) is 0 Å². The fraction of sp³-hybridized carbons (Fsp3) is 1.00. The number of halogens is 2. The van der Waals surface area contributed by atoms with Crippen molar-refractivity contribution in [1.82, 2.24) is 0 Å². The summed E-state index contributed by atoms with van der Waals surface area (Å²) in [5, 5.41) is 0. The Morgan fingerprint density at radius 3 is 2.27 bits per heavy atom. The van der Waals surface area contributed by atoms with E-state index in [4.69, 9.17) is 0 Å². The van der Waals surface area contributed by atoms with Crippen LogP contribution in [0.15, 0.2) is 0 Å². The lowest BCUT2D eigenvalue weighted by atomic mass is 9.44. The second kappa shape index (κ2) is 8.63. The molecule has 4 fully saturated rings. The Balaban J connectivity index is 1.52. The van der Waals surface area contributed by atoms with E-state index in [1.165, 1.54) is 70.6 Å². The molecule has 4 aliphatic carbocycles. The van der Waals surface area contributed by atoms with Crippen molar-refractivity contribution in [3.05, 3.63) is 0 Å². The summed E-state index contributed by atoms with van der Waals surface area (Å²) in [4.78, 5) is 0.655. The molecule has 0 saturated heterocycles. The van der Waals surface area contributed by atoms with E-state index >= 15 is 0 Å². The number of alkyl halides is 2. The van der Waals surface area contributed by atoms with E-state index in [1.54, 1.807) is 0 Å². The Kier molecular flexibility index (Phi) is 6.93. The minimum Gasteiger partial charge on any atom is -0.0875 e. The molecule has 0 aromatic rings. The summed E-state index contributed by atoms with van der Waals surface area (Å²) >= 11 is 8.63.